The lowest BCUT2D eigenvalue weighted by molar-refractivity contribution is 0.142. The number of alkyl halides is 1. The van der Waals surface area contributed by atoms with E-state index in [1.165, 1.54) is 30.4 Å². The Morgan fingerprint density at radius 3 is 3.04 bits per heavy atom. The summed E-state index contributed by atoms with van der Waals surface area (Å²) in [5, 5.41) is 9.61. The van der Waals surface area contributed by atoms with Gasteiger partial charge in [0.1, 0.15) is 29.7 Å². The van der Waals surface area contributed by atoms with Crippen molar-refractivity contribution in [1.82, 2.24) is 14.7 Å². The van der Waals surface area contributed by atoms with Crippen LogP contribution in [0.25, 0.3) is 10.9 Å². The number of halogens is 2. The quantitative estimate of drug-likeness (QED) is 0.857. The first-order chi connectivity index (χ1) is 11.6. The van der Waals surface area contributed by atoms with Gasteiger partial charge >= 0.3 is 0 Å². The van der Waals surface area contributed by atoms with Gasteiger partial charge < -0.3 is 4.90 Å². The second kappa shape index (κ2) is 6.87. The third-order valence-corrected chi connectivity index (χ3v) is 4.62. The molecule has 126 valence electrons. The summed E-state index contributed by atoms with van der Waals surface area (Å²) in [7, 11) is 0. The van der Waals surface area contributed by atoms with E-state index in [0.29, 0.717) is 36.1 Å². The summed E-state index contributed by atoms with van der Waals surface area (Å²) in [6.07, 6.45) is 4.39. The van der Waals surface area contributed by atoms with Gasteiger partial charge in [0.25, 0.3) is 0 Å². The molecule has 1 atom stereocenters. The minimum absolute atomic E-state index is 0.0638. The zero-order valence-corrected chi connectivity index (χ0v) is 14.0. The Morgan fingerprint density at radius 2 is 2.29 bits per heavy atom. The molecule has 5 nitrogen and oxygen atoms in total. The highest BCUT2D eigenvalue weighted by Crippen LogP contribution is 2.32. The number of piperidine rings is 1. The van der Waals surface area contributed by atoms with Crippen LogP contribution in [0.2, 0.25) is 0 Å². The number of aromatic nitrogens is 2. The molecule has 0 saturated carbocycles. The largest absolute Gasteiger partial charge is 0.353 e. The first-order valence-electron chi connectivity index (χ1n) is 7.60. The highest BCUT2D eigenvalue weighted by molar-refractivity contribution is 7.96. The van der Waals surface area contributed by atoms with Gasteiger partial charge in [-0.15, -0.1) is 0 Å². The second-order valence-electron chi connectivity index (χ2n) is 5.86. The molecule has 3 rings (SSSR count). The molecule has 1 aromatic carbocycles. The van der Waals surface area contributed by atoms with Crippen molar-refractivity contribution in [3.63, 3.8) is 0 Å². The van der Waals surface area contributed by atoms with Crippen LogP contribution < -0.4 is 9.62 Å². The van der Waals surface area contributed by atoms with Gasteiger partial charge in [0, 0.05) is 24.5 Å². The maximum absolute atomic E-state index is 15.0. The van der Waals surface area contributed by atoms with Crippen molar-refractivity contribution in [2.75, 3.05) is 30.8 Å². The fourth-order valence-corrected chi connectivity index (χ4v) is 3.42. The van der Waals surface area contributed by atoms with Crippen LogP contribution in [0, 0.1) is 17.1 Å². The molecule has 2 heterocycles. The highest BCUT2D eigenvalue weighted by atomic mass is 32.2. The topological polar surface area (TPSA) is 64.8 Å². The van der Waals surface area contributed by atoms with Crippen LogP contribution in [0.5, 0.6) is 0 Å². The minimum Gasteiger partial charge on any atom is -0.353 e. The van der Waals surface area contributed by atoms with E-state index in [1.807, 2.05) is 17.2 Å². The molecule has 0 amide bonds. The number of nitrogens with one attached hydrogen (secondary N) is 1. The van der Waals surface area contributed by atoms with E-state index in [0.717, 1.165) is 0 Å². The van der Waals surface area contributed by atoms with E-state index in [4.69, 9.17) is 5.26 Å². The molecular formula is C16H17F2N5S. The highest BCUT2D eigenvalue weighted by Gasteiger charge is 2.36. The van der Waals surface area contributed by atoms with Crippen molar-refractivity contribution < 1.29 is 8.78 Å². The molecule has 1 aliphatic rings. The molecule has 0 spiro atoms. The number of rotatable bonds is 4. The van der Waals surface area contributed by atoms with Crippen LogP contribution in [-0.4, -0.2) is 41.5 Å². The third kappa shape index (κ3) is 3.28. The van der Waals surface area contributed by atoms with E-state index in [-0.39, 0.29) is 18.7 Å². The molecular weight excluding hydrogens is 332 g/mol. The van der Waals surface area contributed by atoms with Crippen LogP contribution >= 0.6 is 11.9 Å². The monoisotopic (exact) mass is 349 g/mol. The number of nitrogens with zero attached hydrogens (tertiary/aromatic N) is 4. The van der Waals surface area contributed by atoms with Crippen molar-refractivity contribution in [1.29, 1.82) is 5.26 Å². The molecule has 1 unspecified atom stereocenters. The summed E-state index contributed by atoms with van der Waals surface area (Å²) < 4.78 is 31.8. The summed E-state index contributed by atoms with van der Waals surface area (Å²) in [5.41, 5.74) is -1.00. The number of hydrogen-bond donors (Lipinski definition) is 1. The number of nitriles is 1. The Bertz CT molecular complexity index is 794. The predicted molar refractivity (Wildman–Crippen MR) is 91.0 cm³/mol. The van der Waals surface area contributed by atoms with Gasteiger partial charge in [0.15, 0.2) is 0 Å². The lowest BCUT2D eigenvalue weighted by atomic mass is 9.94. The Labute approximate surface area is 143 Å². The van der Waals surface area contributed by atoms with Crippen molar-refractivity contribution in [3.05, 3.63) is 29.8 Å². The minimum atomic E-state index is -1.35. The summed E-state index contributed by atoms with van der Waals surface area (Å²) in [6.45, 7) is 1.12. The second-order valence-corrected chi connectivity index (χ2v) is 6.56. The molecule has 1 aliphatic heterocycles. The Balaban J connectivity index is 1.98. The van der Waals surface area contributed by atoms with E-state index < -0.39 is 11.5 Å². The molecule has 8 heteroatoms. The zero-order chi connectivity index (χ0) is 17.2. The summed E-state index contributed by atoms with van der Waals surface area (Å²) in [6, 6.07) is 4.49. The van der Waals surface area contributed by atoms with Gasteiger partial charge in [-0.1, -0.05) is 11.9 Å². The first kappa shape index (κ1) is 16.9. The van der Waals surface area contributed by atoms with Gasteiger partial charge in [0.05, 0.1) is 17.6 Å². The molecule has 2 aromatic rings. The average Bonchev–Trinajstić information content (AvgIpc) is 2.59. The standard InChI is InChI=1S/C16H17F2N5S/c1-24-22-8-16(18)3-2-4-23(9-16)15-12-5-11(7-19)13(17)6-14(12)20-10-21-15/h5-6,10,22H,2-4,8-9H2,1H3. The summed E-state index contributed by atoms with van der Waals surface area (Å²) >= 11 is 1.39. The Hall–Kier alpha value is -1.98. The smallest absolute Gasteiger partial charge is 0.143 e. The van der Waals surface area contributed by atoms with Gasteiger partial charge in [0.2, 0.25) is 0 Å². The van der Waals surface area contributed by atoms with Crippen molar-refractivity contribution >= 4 is 28.7 Å². The van der Waals surface area contributed by atoms with E-state index in [1.54, 1.807) is 0 Å². The van der Waals surface area contributed by atoms with Crippen LogP contribution in [0.15, 0.2) is 18.5 Å². The first-order valence-corrected chi connectivity index (χ1v) is 8.83. The van der Waals surface area contributed by atoms with Gasteiger partial charge in [-0.2, -0.15) is 5.26 Å². The van der Waals surface area contributed by atoms with E-state index in [9.17, 15) is 4.39 Å². The van der Waals surface area contributed by atoms with Crippen molar-refractivity contribution in [2.45, 2.75) is 18.5 Å². The van der Waals surface area contributed by atoms with Crippen LogP contribution in [0.4, 0.5) is 14.6 Å². The average molecular weight is 349 g/mol. The molecule has 1 saturated heterocycles. The maximum Gasteiger partial charge on any atom is 0.143 e. The normalized spacial score (nSPS) is 21.0. The summed E-state index contributed by atoms with van der Waals surface area (Å²) in [5.74, 6) is -0.0697. The van der Waals surface area contributed by atoms with Gasteiger partial charge in [-0.05, 0) is 25.2 Å². The van der Waals surface area contributed by atoms with Gasteiger partial charge in [-0.3, -0.25) is 4.72 Å². The van der Waals surface area contributed by atoms with Crippen LogP contribution in [0.3, 0.4) is 0 Å². The zero-order valence-electron chi connectivity index (χ0n) is 13.2. The number of anilines is 1. The SMILES string of the molecule is CSNCC1(F)CCCN(c2ncnc3cc(F)c(C#N)cc23)C1. The maximum atomic E-state index is 15.0. The predicted octanol–water partition coefficient (Wildman–Crippen LogP) is 2.82. The van der Waals surface area contributed by atoms with E-state index in [2.05, 4.69) is 14.7 Å². The molecule has 1 fully saturated rings. The number of hydrogen-bond acceptors (Lipinski definition) is 6. The molecule has 1 N–H and O–H groups in total. The summed E-state index contributed by atoms with van der Waals surface area (Å²) in [4.78, 5) is 10.2. The molecule has 1 aromatic heterocycles. The van der Waals surface area contributed by atoms with Gasteiger partial charge in [-0.25, -0.2) is 18.7 Å². The fraction of sp³-hybridized carbons (Fsp3) is 0.438. The molecule has 0 radical (unpaired) electrons. The lowest BCUT2D eigenvalue weighted by Gasteiger charge is -2.38. The van der Waals surface area contributed by atoms with Crippen LogP contribution in [0.1, 0.15) is 18.4 Å². The van der Waals surface area contributed by atoms with Crippen LogP contribution in [-0.2, 0) is 0 Å². The molecule has 0 aliphatic carbocycles. The van der Waals surface area contributed by atoms with Crippen molar-refractivity contribution in [3.8, 4) is 6.07 Å². The molecule has 0 bridgehead atoms. The third-order valence-electron chi connectivity index (χ3n) is 4.18. The molecule has 24 heavy (non-hydrogen) atoms. The Kier molecular flexibility index (Phi) is 4.83. The Morgan fingerprint density at radius 1 is 1.46 bits per heavy atom. The number of benzene rings is 1. The fourth-order valence-electron chi connectivity index (χ4n) is 3.02. The number of fused-ring (bicyclic) bond motifs is 1. The van der Waals surface area contributed by atoms with Crippen molar-refractivity contribution in [2.24, 2.45) is 0 Å². The van der Waals surface area contributed by atoms with E-state index >= 15 is 4.39 Å². The lowest BCUT2D eigenvalue weighted by Crippen LogP contribution is -2.50.